The second kappa shape index (κ2) is 4.89. The highest BCUT2D eigenvalue weighted by Gasteiger charge is 2.38. The summed E-state index contributed by atoms with van der Waals surface area (Å²) in [5.74, 6) is -1.39. The van der Waals surface area contributed by atoms with Crippen LogP contribution in [-0.2, 0) is 9.59 Å². The monoisotopic (exact) mass is 323 g/mol. The average Bonchev–Trinajstić information content (AvgIpc) is 2.54. The number of ketones is 2. The molecule has 1 aromatic carbocycles. The molecule has 100 valence electrons. The third-order valence-corrected chi connectivity index (χ3v) is 3.63. The molecular weight excluding hydrogens is 310 g/mol. The lowest BCUT2D eigenvalue weighted by molar-refractivity contribution is -0.122. The van der Waals surface area contributed by atoms with Crippen molar-refractivity contribution in [1.29, 1.82) is 0 Å². The van der Waals surface area contributed by atoms with E-state index in [9.17, 15) is 14.4 Å². The molecule has 0 spiro atoms. The Hall–Kier alpha value is -1.49. The van der Waals surface area contributed by atoms with E-state index in [-0.39, 0.29) is 18.2 Å². The van der Waals surface area contributed by atoms with Gasteiger partial charge in [0.25, 0.3) is 11.7 Å². The number of carbonyl (C=O) groups excluding carboxylic acids is 3. The number of amides is 1. The molecule has 1 aliphatic rings. The highest BCUT2D eigenvalue weighted by Crippen LogP contribution is 2.34. The van der Waals surface area contributed by atoms with Gasteiger partial charge in [-0.05, 0) is 24.6 Å². The molecular formula is C14H14BrNO3. The predicted molar refractivity (Wildman–Crippen MR) is 75.4 cm³/mol. The van der Waals surface area contributed by atoms with Gasteiger partial charge in [0.05, 0.1) is 17.8 Å². The summed E-state index contributed by atoms with van der Waals surface area (Å²) in [5, 5.41) is 0. The smallest absolute Gasteiger partial charge is 0.297 e. The van der Waals surface area contributed by atoms with Gasteiger partial charge in [-0.2, -0.15) is 0 Å². The summed E-state index contributed by atoms with van der Waals surface area (Å²) < 4.78 is 0.752. The maximum Gasteiger partial charge on any atom is 0.299 e. The Morgan fingerprint density at radius 1 is 1.32 bits per heavy atom. The Labute approximate surface area is 119 Å². The standard InChI is InChI=1S/C14H14BrNO3/c1-7(2)11(17)6-16-12-8(3)4-9(15)5-10(12)13(18)14(16)19/h4-5,7H,6H2,1-3H3. The van der Waals surface area contributed by atoms with E-state index in [4.69, 9.17) is 0 Å². The molecule has 0 N–H and O–H groups in total. The van der Waals surface area contributed by atoms with Gasteiger partial charge < -0.3 is 0 Å². The number of hydrogen-bond acceptors (Lipinski definition) is 3. The third-order valence-electron chi connectivity index (χ3n) is 3.18. The van der Waals surface area contributed by atoms with Gasteiger partial charge in [0, 0.05) is 10.4 Å². The molecule has 0 radical (unpaired) electrons. The van der Waals surface area contributed by atoms with Crippen LogP contribution in [0.25, 0.3) is 0 Å². The SMILES string of the molecule is Cc1cc(Br)cc2c1N(CC(=O)C(C)C)C(=O)C2=O. The zero-order chi connectivity index (χ0) is 14.3. The highest BCUT2D eigenvalue weighted by molar-refractivity contribution is 9.10. The number of rotatable bonds is 3. The fraction of sp³-hybridized carbons (Fsp3) is 0.357. The average molecular weight is 324 g/mol. The first kappa shape index (κ1) is 13.9. The third kappa shape index (κ3) is 2.34. The Balaban J connectivity index is 2.47. The van der Waals surface area contributed by atoms with Crippen LogP contribution >= 0.6 is 15.9 Å². The molecule has 19 heavy (non-hydrogen) atoms. The van der Waals surface area contributed by atoms with Crippen molar-refractivity contribution >= 4 is 39.1 Å². The van der Waals surface area contributed by atoms with E-state index in [1.54, 1.807) is 19.9 Å². The van der Waals surface area contributed by atoms with Crippen LogP contribution in [0.3, 0.4) is 0 Å². The molecule has 0 unspecified atom stereocenters. The lowest BCUT2D eigenvalue weighted by Crippen LogP contribution is -2.36. The molecule has 0 saturated heterocycles. The molecule has 1 heterocycles. The van der Waals surface area contributed by atoms with Gasteiger partial charge >= 0.3 is 0 Å². The molecule has 1 aliphatic heterocycles. The van der Waals surface area contributed by atoms with Crippen LogP contribution in [0.1, 0.15) is 29.8 Å². The van der Waals surface area contributed by atoms with Gasteiger partial charge in [-0.25, -0.2) is 0 Å². The number of anilines is 1. The minimum absolute atomic E-state index is 0.0439. The van der Waals surface area contributed by atoms with Gasteiger partial charge in [0.2, 0.25) is 0 Å². The maximum atomic E-state index is 12.0. The van der Waals surface area contributed by atoms with E-state index < -0.39 is 11.7 Å². The van der Waals surface area contributed by atoms with E-state index in [2.05, 4.69) is 15.9 Å². The number of fused-ring (bicyclic) bond motifs is 1. The van der Waals surface area contributed by atoms with Crippen molar-refractivity contribution in [2.75, 3.05) is 11.4 Å². The zero-order valence-corrected chi connectivity index (χ0v) is 12.6. The number of aryl methyl sites for hydroxylation is 1. The topological polar surface area (TPSA) is 54.5 Å². The maximum absolute atomic E-state index is 12.0. The molecule has 2 rings (SSSR count). The fourth-order valence-electron chi connectivity index (χ4n) is 2.10. The molecule has 0 fully saturated rings. The van der Waals surface area contributed by atoms with Gasteiger partial charge in [-0.1, -0.05) is 29.8 Å². The molecule has 1 amide bonds. The quantitative estimate of drug-likeness (QED) is 0.803. The summed E-state index contributed by atoms with van der Waals surface area (Å²) in [5.41, 5.74) is 1.74. The summed E-state index contributed by atoms with van der Waals surface area (Å²) in [4.78, 5) is 37.1. The van der Waals surface area contributed by atoms with Gasteiger partial charge in [-0.3, -0.25) is 19.3 Å². The van der Waals surface area contributed by atoms with Crippen molar-refractivity contribution in [1.82, 2.24) is 0 Å². The first-order valence-electron chi connectivity index (χ1n) is 6.02. The lowest BCUT2D eigenvalue weighted by Gasteiger charge is -2.18. The number of Topliss-reactive ketones (excluding diaryl/α,β-unsaturated/α-hetero) is 2. The molecule has 0 saturated carbocycles. The van der Waals surface area contributed by atoms with Gasteiger partial charge in [0.15, 0.2) is 5.78 Å². The number of benzene rings is 1. The van der Waals surface area contributed by atoms with Crippen LogP contribution in [0, 0.1) is 12.8 Å². The number of carbonyl (C=O) groups is 3. The van der Waals surface area contributed by atoms with Gasteiger partial charge in [-0.15, -0.1) is 0 Å². The van der Waals surface area contributed by atoms with Gasteiger partial charge in [0.1, 0.15) is 0 Å². The van der Waals surface area contributed by atoms with Crippen molar-refractivity contribution in [2.24, 2.45) is 5.92 Å². The van der Waals surface area contributed by atoms with Crippen molar-refractivity contribution in [2.45, 2.75) is 20.8 Å². The van der Waals surface area contributed by atoms with E-state index in [1.807, 2.05) is 13.0 Å². The first-order valence-corrected chi connectivity index (χ1v) is 6.81. The molecule has 1 aromatic rings. The molecule has 5 heteroatoms. The van der Waals surface area contributed by atoms with Crippen LogP contribution in [0.4, 0.5) is 5.69 Å². The van der Waals surface area contributed by atoms with Crippen molar-refractivity contribution < 1.29 is 14.4 Å². The minimum atomic E-state index is -0.620. The molecule has 0 aromatic heterocycles. The Morgan fingerprint density at radius 2 is 1.95 bits per heavy atom. The Morgan fingerprint density at radius 3 is 2.53 bits per heavy atom. The van der Waals surface area contributed by atoms with Crippen LogP contribution in [0.5, 0.6) is 0 Å². The Bertz CT molecular complexity index is 593. The molecule has 0 aliphatic carbocycles. The van der Waals surface area contributed by atoms with Crippen molar-refractivity contribution in [3.05, 3.63) is 27.7 Å². The van der Waals surface area contributed by atoms with E-state index in [0.29, 0.717) is 11.3 Å². The number of halogens is 1. The summed E-state index contributed by atoms with van der Waals surface area (Å²) >= 11 is 3.31. The number of hydrogen-bond donors (Lipinski definition) is 0. The van der Waals surface area contributed by atoms with Crippen LogP contribution in [-0.4, -0.2) is 24.0 Å². The van der Waals surface area contributed by atoms with Crippen LogP contribution in [0.2, 0.25) is 0 Å². The van der Waals surface area contributed by atoms with E-state index in [0.717, 1.165) is 10.0 Å². The minimum Gasteiger partial charge on any atom is -0.297 e. The van der Waals surface area contributed by atoms with Crippen LogP contribution in [0.15, 0.2) is 16.6 Å². The van der Waals surface area contributed by atoms with Crippen LogP contribution < -0.4 is 4.90 Å². The first-order chi connectivity index (χ1) is 8.82. The second-order valence-corrected chi connectivity index (χ2v) is 5.88. The lowest BCUT2D eigenvalue weighted by atomic mass is 10.1. The van der Waals surface area contributed by atoms with Crippen molar-refractivity contribution in [3.63, 3.8) is 0 Å². The summed E-state index contributed by atoms with van der Waals surface area (Å²) in [7, 11) is 0. The summed E-state index contributed by atoms with van der Waals surface area (Å²) in [6.07, 6.45) is 0. The zero-order valence-electron chi connectivity index (χ0n) is 11.0. The normalized spacial score (nSPS) is 14.3. The Kier molecular flexibility index (Phi) is 3.58. The van der Waals surface area contributed by atoms with E-state index >= 15 is 0 Å². The van der Waals surface area contributed by atoms with E-state index in [1.165, 1.54) is 4.90 Å². The molecule has 0 bridgehead atoms. The fourth-order valence-corrected chi connectivity index (χ4v) is 2.67. The molecule has 0 atom stereocenters. The number of nitrogens with zero attached hydrogens (tertiary/aromatic N) is 1. The summed E-state index contributed by atoms with van der Waals surface area (Å²) in [6.45, 7) is 5.33. The predicted octanol–water partition coefficient (Wildman–Crippen LogP) is 2.51. The largest absolute Gasteiger partial charge is 0.299 e. The highest BCUT2D eigenvalue weighted by atomic mass is 79.9. The van der Waals surface area contributed by atoms with Crippen molar-refractivity contribution in [3.8, 4) is 0 Å². The summed E-state index contributed by atoms with van der Waals surface area (Å²) in [6, 6.07) is 3.46. The second-order valence-electron chi connectivity index (χ2n) is 4.96. The molecule has 4 nitrogen and oxygen atoms in total.